The van der Waals surface area contributed by atoms with Gasteiger partial charge in [-0.3, -0.25) is 4.98 Å². The maximum atomic E-state index is 10.3. The van der Waals surface area contributed by atoms with Crippen molar-refractivity contribution in [1.29, 1.82) is 0 Å². The fourth-order valence-corrected chi connectivity index (χ4v) is 1.85. The second-order valence-corrected chi connectivity index (χ2v) is 4.42. The van der Waals surface area contributed by atoms with Crippen LogP contribution in [0.5, 0.6) is 0 Å². The highest BCUT2D eigenvalue weighted by atomic mass is 79.9. The lowest BCUT2D eigenvalue weighted by Gasteiger charge is -2.31. The van der Waals surface area contributed by atoms with Gasteiger partial charge < -0.3 is 9.84 Å². The number of nitrogens with zero attached hydrogens (tertiary/aromatic N) is 1. The van der Waals surface area contributed by atoms with Gasteiger partial charge >= 0.3 is 0 Å². The van der Waals surface area contributed by atoms with Crippen LogP contribution in [0, 0.1) is 0 Å². The third kappa shape index (κ3) is 1.97. The lowest BCUT2D eigenvalue weighted by Crippen LogP contribution is -2.34. The van der Waals surface area contributed by atoms with Gasteiger partial charge in [0, 0.05) is 36.7 Å². The van der Waals surface area contributed by atoms with Crippen molar-refractivity contribution in [2.75, 3.05) is 13.2 Å². The molecular weight excluding hydrogens is 246 g/mol. The molecule has 0 aliphatic carbocycles. The number of aromatic nitrogens is 1. The van der Waals surface area contributed by atoms with Gasteiger partial charge in [-0.15, -0.1) is 0 Å². The van der Waals surface area contributed by atoms with E-state index in [4.69, 9.17) is 4.74 Å². The van der Waals surface area contributed by atoms with Gasteiger partial charge in [0.25, 0.3) is 0 Å². The highest BCUT2D eigenvalue weighted by Gasteiger charge is 2.32. The zero-order valence-corrected chi connectivity index (χ0v) is 9.33. The van der Waals surface area contributed by atoms with E-state index in [9.17, 15) is 5.11 Å². The Balaban J connectivity index is 2.23. The van der Waals surface area contributed by atoms with Gasteiger partial charge in [0.2, 0.25) is 0 Å². The Morgan fingerprint density at radius 1 is 1.36 bits per heavy atom. The van der Waals surface area contributed by atoms with Crippen LogP contribution in [0.3, 0.4) is 0 Å². The quantitative estimate of drug-likeness (QED) is 0.835. The number of pyridine rings is 1. The van der Waals surface area contributed by atoms with E-state index in [0.29, 0.717) is 26.1 Å². The molecule has 1 aromatic heterocycles. The Morgan fingerprint density at radius 2 is 2.07 bits per heavy atom. The van der Waals surface area contributed by atoms with Gasteiger partial charge in [-0.2, -0.15) is 0 Å². The average Bonchev–Trinajstić information content (AvgIpc) is 2.19. The molecule has 3 nitrogen and oxygen atoms in total. The molecule has 1 aliphatic heterocycles. The molecule has 0 spiro atoms. The number of halogens is 1. The minimum absolute atomic E-state index is 0.605. The fourth-order valence-electron chi connectivity index (χ4n) is 1.62. The molecule has 0 amide bonds. The lowest BCUT2D eigenvalue weighted by molar-refractivity contribution is -0.0705. The van der Waals surface area contributed by atoms with Crippen molar-refractivity contribution in [3.63, 3.8) is 0 Å². The Bertz CT molecular complexity index is 306. The van der Waals surface area contributed by atoms with Crippen molar-refractivity contribution in [2.45, 2.75) is 18.4 Å². The summed E-state index contributed by atoms with van der Waals surface area (Å²) < 4.78 is 6.14. The van der Waals surface area contributed by atoms with Gasteiger partial charge in [-0.1, -0.05) is 0 Å². The molecule has 0 atom stereocenters. The topological polar surface area (TPSA) is 42.4 Å². The molecule has 4 heteroatoms. The standard InChI is InChI=1S/C10H12BrNO2/c11-8-1-2-9(12-7-8)10(13)3-5-14-6-4-10/h1-2,7,13H,3-6H2. The first-order chi connectivity index (χ1) is 6.71. The zero-order valence-electron chi connectivity index (χ0n) is 7.74. The van der Waals surface area contributed by atoms with E-state index < -0.39 is 5.60 Å². The number of hydrogen-bond acceptors (Lipinski definition) is 3. The molecule has 1 saturated heterocycles. The summed E-state index contributed by atoms with van der Waals surface area (Å²) in [6, 6.07) is 3.76. The molecule has 76 valence electrons. The van der Waals surface area contributed by atoms with Crippen molar-refractivity contribution in [2.24, 2.45) is 0 Å². The molecule has 14 heavy (non-hydrogen) atoms. The number of aliphatic hydroxyl groups is 1. The Labute approximate surface area is 91.2 Å². The van der Waals surface area contributed by atoms with Crippen molar-refractivity contribution < 1.29 is 9.84 Å². The number of ether oxygens (including phenoxy) is 1. The van der Waals surface area contributed by atoms with Crippen molar-refractivity contribution in [1.82, 2.24) is 4.98 Å². The van der Waals surface area contributed by atoms with E-state index in [1.54, 1.807) is 6.20 Å². The molecule has 0 saturated carbocycles. The van der Waals surface area contributed by atoms with E-state index in [1.807, 2.05) is 12.1 Å². The monoisotopic (exact) mass is 257 g/mol. The SMILES string of the molecule is OC1(c2ccc(Br)cn2)CCOCC1. The molecule has 1 fully saturated rings. The van der Waals surface area contributed by atoms with E-state index in [-0.39, 0.29) is 0 Å². The molecule has 2 rings (SSSR count). The minimum atomic E-state index is -0.793. The van der Waals surface area contributed by atoms with Gasteiger partial charge in [-0.25, -0.2) is 0 Å². The number of hydrogen-bond donors (Lipinski definition) is 1. The first kappa shape index (κ1) is 10.1. The molecule has 1 N–H and O–H groups in total. The van der Waals surface area contributed by atoms with Gasteiger partial charge in [0.15, 0.2) is 0 Å². The molecular formula is C10H12BrNO2. The summed E-state index contributed by atoms with van der Waals surface area (Å²) in [5.41, 5.74) is -0.0529. The van der Waals surface area contributed by atoms with Crippen LogP contribution in [0.4, 0.5) is 0 Å². The van der Waals surface area contributed by atoms with Gasteiger partial charge in [-0.05, 0) is 28.1 Å². The number of rotatable bonds is 1. The van der Waals surface area contributed by atoms with Crippen LogP contribution in [0.25, 0.3) is 0 Å². The summed E-state index contributed by atoms with van der Waals surface area (Å²) in [6.45, 7) is 1.21. The first-order valence-electron chi connectivity index (χ1n) is 4.63. The lowest BCUT2D eigenvalue weighted by atomic mass is 9.90. The summed E-state index contributed by atoms with van der Waals surface area (Å²) in [6.07, 6.45) is 2.96. The van der Waals surface area contributed by atoms with Crippen LogP contribution >= 0.6 is 15.9 Å². The van der Waals surface area contributed by atoms with E-state index in [0.717, 1.165) is 10.2 Å². The van der Waals surface area contributed by atoms with Crippen LogP contribution in [-0.4, -0.2) is 23.3 Å². The summed E-state index contributed by atoms with van der Waals surface area (Å²) in [5, 5.41) is 10.3. The molecule has 2 heterocycles. The van der Waals surface area contributed by atoms with E-state index in [2.05, 4.69) is 20.9 Å². The predicted molar refractivity (Wildman–Crippen MR) is 55.9 cm³/mol. The van der Waals surface area contributed by atoms with E-state index >= 15 is 0 Å². The maximum Gasteiger partial charge on any atom is 0.111 e. The van der Waals surface area contributed by atoms with Gasteiger partial charge in [0.1, 0.15) is 5.60 Å². The second kappa shape index (κ2) is 3.96. The molecule has 1 aliphatic rings. The second-order valence-electron chi connectivity index (χ2n) is 3.51. The van der Waals surface area contributed by atoms with Crippen LogP contribution in [0.2, 0.25) is 0 Å². The molecule has 0 bridgehead atoms. The van der Waals surface area contributed by atoms with Crippen molar-refractivity contribution in [3.05, 3.63) is 28.5 Å². The van der Waals surface area contributed by atoms with Crippen LogP contribution in [-0.2, 0) is 10.3 Å². The Hall–Kier alpha value is -0.450. The fraction of sp³-hybridized carbons (Fsp3) is 0.500. The summed E-state index contributed by atoms with van der Waals surface area (Å²) in [5.74, 6) is 0. The van der Waals surface area contributed by atoms with Crippen LogP contribution < -0.4 is 0 Å². The predicted octanol–water partition coefficient (Wildman–Crippen LogP) is 1.84. The highest BCUT2D eigenvalue weighted by molar-refractivity contribution is 9.10. The maximum absolute atomic E-state index is 10.3. The Morgan fingerprint density at radius 3 is 2.64 bits per heavy atom. The zero-order chi connectivity index (χ0) is 10.0. The third-order valence-electron chi connectivity index (χ3n) is 2.52. The van der Waals surface area contributed by atoms with Crippen LogP contribution in [0.15, 0.2) is 22.8 Å². The molecule has 1 aromatic rings. The average molecular weight is 258 g/mol. The molecule has 0 unspecified atom stereocenters. The highest BCUT2D eigenvalue weighted by Crippen LogP contribution is 2.30. The normalized spacial score (nSPS) is 20.7. The smallest absolute Gasteiger partial charge is 0.111 e. The van der Waals surface area contributed by atoms with Crippen molar-refractivity contribution in [3.8, 4) is 0 Å². The molecule has 0 radical (unpaired) electrons. The van der Waals surface area contributed by atoms with Crippen molar-refractivity contribution >= 4 is 15.9 Å². The first-order valence-corrected chi connectivity index (χ1v) is 5.42. The third-order valence-corrected chi connectivity index (χ3v) is 2.99. The molecule has 0 aromatic carbocycles. The summed E-state index contributed by atoms with van der Waals surface area (Å²) >= 11 is 3.32. The Kier molecular flexibility index (Phi) is 2.85. The van der Waals surface area contributed by atoms with E-state index in [1.165, 1.54) is 0 Å². The summed E-state index contributed by atoms with van der Waals surface area (Å²) in [4.78, 5) is 4.22. The largest absolute Gasteiger partial charge is 0.383 e. The van der Waals surface area contributed by atoms with Gasteiger partial charge in [0.05, 0.1) is 5.69 Å². The minimum Gasteiger partial charge on any atom is -0.383 e. The van der Waals surface area contributed by atoms with Crippen LogP contribution in [0.1, 0.15) is 18.5 Å². The summed E-state index contributed by atoms with van der Waals surface area (Å²) in [7, 11) is 0.